The van der Waals surface area contributed by atoms with Gasteiger partial charge in [0.25, 0.3) is 5.91 Å². The topological polar surface area (TPSA) is 79.4 Å². The number of nitrogens with one attached hydrogen (secondary N) is 1. The fraction of sp³-hybridized carbons (Fsp3) is 0.250. The molecule has 2 heterocycles. The van der Waals surface area contributed by atoms with E-state index in [0.29, 0.717) is 30.6 Å². The highest BCUT2D eigenvalue weighted by atomic mass is 32.2. The second-order valence-corrected chi connectivity index (χ2v) is 9.50. The lowest BCUT2D eigenvalue weighted by Gasteiger charge is -2.30. The molecule has 0 aliphatic carbocycles. The van der Waals surface area contributed by atoms with Gasteiger partial charge >= 0.3 is 0 Å². The zero-order valence-corrected chi connectivity index (χ0v) is 18.0. The molecule has 0 radical (unpaired) electrons. The third-order valence-electron chi connectivity index (χ3n) is 5.35. The van der Waals surface area contributed by atoms with Crippen LogP contribution >= 0.6 is 0 Å². The molecule has 0 saturated carbocycles. The highest BCUT2D eigenvalue weighted by molar-refractivity contribution is 7.92. The SMILES string of the molecule is O=C(c1cccnc1)N1CCCc2ccc(NS(=O)(=O)CCCc3ccccc3)cc21. The van der Waals surface area contributed by atoms with Crippen molar-refractivity contribution in [2.45, 2.75) is 25.7 Å². The van der Waals surface area contributed by atoms with E-state index in [2.05, 4.69) is 9.71 Å². The van der Waals surface area contributed by atoms with E-state index in [1.54, 1.807) is 41.6 Å². The smallest absolute Gasteiger partial charge is 0.259 e. The van der Waals surface area contributed by atoms with Crippen molar-refractivity contribution in [3.05, 3.63) is 89.7 Å². The molecule has 7 heteroatoms. The average Bonchev–Trinajstić information content (AvgIpc) is 2.79. The van der Waals surface area contributed by atoms with Gasteiger partial charge in [-0.25, -0.2) is 8.42 Å². The minimum absolute atomic E-state index is 0.0390. The van der Waals surface area contributed by atoms with Crippen LogP contribution in [-0.2, 0) is 22.9 Å². The summed E-state index contributed by atoms with van der Waals surface area (Å²) < 4.78 is 27.9. The first kappa shape index (κ1) is 21.1. The van der Waals surface area contributed by atoms with Crippen LogP contribution in [0.15, 0.2) is 73.1 Å². The fourth-order valence-corrected chi connectivity index (χ4v) is 4.95. The molecule has 0 spiro atoms. The second-order valence-electron chi connectivity index (χ2n) is 7.66. The molecule has 31 heavy (non-hydrogen) atoms. The fourth-order valence-electron chi connectivity index (χ4n) is 3.84. The minimum atomic E-state index is -3.48. The maximum atomic E-state index is 13.0. The Balaban J connectivity index is 1.47. The quantitative estimate of drug-likeness (QED) is 0.607. The summed E-state index contributed by atoms with van der Waals surface area (Å²) in [6, 6.07) is 18.8. The summed E-state index contributed by atoms with van der Waals surface area (Å²) in [5.41, 5.74) is 3.91. The molecule has 2 aromatic carbocycles. The van der Waals surface area contributed by atoms with Gasteiger partial charge in [0, 0.05) is 24.6 Å². The molecule has 1 amide bonds. The third-order valence-corrected chi connectivity index (χ3v) is 6.73. The van der Waals surface area contributed by atoms with E-state index in [0.717, 1.165) is 29.7 Å². The van der Waals surface area contributed by atoms with Crippen LogP contribution in [0.1, 0.15) is 34.3 Å². The van der Waals surface area contributed by atoms with Crippen LogP contribution in [0.4, 0.5) is 11.4 Å². The number of pyridine rings is 1. The maximum absolute atomic E-state index is 13.0. The molecule has 1 aliphatic heterocycles. The first-order valence-corrected chi connectivity index (χ1v) is 12.1. The predicted octanol–water partition coefficient (Wildman–Crippen LogP) is 4.05. The van der Waals surface area contributed by atoms with Crippen LogP contribution in [0.5, 0.6) is 0 Å². The van der Waals surface area contributed by atoms with E-state index in [1.165, 1.54) is 0 Å². The molecule has 1 N–H and O–H groups in total. The number of hydrogen-bond donors (Lipinski definition) is 1. The number of fused-ring (bicyclic) bond motifs is 1. The molecule has 0 fully saturated rings. The van der Waals surface area contributed by atoms with Crippen molar-refractivity contribution in [2.24, 2.45) is 0 Å². The van der Waals surface area contributed by atoms with Crippen molar-refractivity contribution in [3.8, 4) is 0 Å². The van der Waals surface area contributed by atoms with Crippen molar-refractivity contribution in [3.63, 3.8) is 0 Å². The zero-order chi connectivity index (χ0) is 21.7. The number of carbonyl (C=O) groups excluding carboxylic acids is 1. The highest BCUT2D eigenvalue weighted by Gasteiger charge is 2.24. The molecule has 6 nitrogen and oxygen atoms in total. The standard InChI is InChI=1S/C24H25N3O3S/c28-24(21-10-4-14-25-18-21)27-15-5-11-20-12-13-22(17-23(20)27)26-31(29,30)16-6-9-19-7-2-1-3-8-19/h1-4,7-8,10,12-14,17-18,26H,5-6,9,11,15-16H2. The van der Waals surface area contributed by atoms with E-state index in [-0.39, 0.29) is 11.7 Å². The Morgan fingerprint density at radius 3 is 2.68 bits per heavy atom. The van der Waals surface area contributed by atoms with E-state index in [4.69, 9.17) is 0 Å². The molecule has 0 atom stereocenters. The summed E-state index contributed by atoms with van der Waals surface area (Å²) in [5, 5.41) is 0. The molecular weight excluding hydrogens is 410 g/mol. The van der Waals surface area contributed by atoms with Crippen molar-refractivity contribution in [2.75, 3.05) is 21.9 Å². The number of nitrogens with zero attached hydrogens (tertiary/aromatic N) is 2. The van der Waals surface area contributed by atoms with E-state index in [9.17, 15) is 13.2 Å². The van der Waals surface area contributed by atoms with Gasteiger partial charge < -0.3 is 4.90 Å². The number of aryl methyl sites for hydroxylation is 2. The number of carbonyl (C=O) groups is 1. The van der Waals surface area contributed by atoms with Gasteiger partial charge in [0.05, 0.1) is 17.0 Å². The average molecular weight is 436 g/mol. The van der Waals surface area contributed by atoms with Crippen molar-refractivity contribution >= 4 is 27.3 Å². The molecule has 160 valence electrons. The molecule has 1 aliphatic rings. The number of rotatable bonds is 7. The van der Waals surface area contributed by atoms with Gasteiger partial charge in [-0.1, -0.05) is 36.4 Å². The van der Waals surface area contributed by atoms with Crippen LogP contribution < -0.4 is 9.62 Å². The molecule has 0 bridgehead atoms. The number of hydrogen-bond acceptors (Lipinski definition) is 4. The summed E-state index contributed by atoms with van der Waals surface area (Å²) in [6.07, 6.45) is 6.15. The van der Waals surface area contributed by atoms with Crippen LogP contribution in [0.2, 0.25) is 0 Å². The normalized spacial score (nSPS) is 13.5. The van der Waals surface area contributed by atoms with Crippen molar-refractivity contribution < 1.29 is 13.2 Å². The number of sulfonamides is 1. The Bertz CT molecular complexity index is 1150. The summed E-state index contributed by atoms with van der Waals surface area (Å²) in [4.78, 5) is 18.7. The lowest BCUT2D eigenvalue weighted by molar-refractivity contribution is 0.0985. The summed E-state index contributed by atoms with van der Waals surface area (Å²) >= 11 is 0. The lowest BCUT2D eigenvalue weighted by atomic mass is 10.0. The zero-order valence-electron chi connectivity index (χ0n) is 17.2. The molecule has 0 unspecified atom stereocenters. The molecule has 3 aromatic rings. The Morgan fingerprint density at radius 1 is 1.06 bits per heavy atom. The third kappa shape index (κ3) is 5.30. The second kappa shape index (κ2) is 9.31. The van der Waals surface area contributed by atoms with E-state index >= 15 is 0 Å². The predicted molar refractivity (Wildman–Crippen MR) is 123 cm³/mol. The molecule has 1 aromatic heterocycles. The number of benzene rings is 2. The molecule has 0 saturated heterocycles. The first-order valence-electron chi connectivity index (χ1n) is 10.4. The maximum Gasteiger partial charge on any atom is 0.259 e. The Hall–Kier alpha value is -3.19. The van der Waals surface area contributed by atoms with Crippen molar-refractivity contribution in [1.82, 2.24) is 4.98 Å². The Kier molecular flexibility index (Phi) is 6.32. The number of amides is 1. The van der Waals surface area contributed by atoms with E-state index in [1.807, 2.05) is 36.4 Å². The number of aromatic nitrogens is 1. The van der Waals surface area contributed by atoms with Crippen LogP contribution in [-0.4, -0.2) is 31.6 Å². The largest absolute Gasteiger partial charge is 0.308 e. The molecule has 4 rings (SSSR count). The van der Waals surface area contributed by atoms with Gasteiger partial charge in [0.2, 0.25) is 10.0 Å². The Morgan fingerprint density at radius 2 is 1.90 bits per heavy atom. The van der Waals surface area contributed by atoms with E-state index < -0.39 is 10.0 Å². The number of anilines is 2. The minimum Gasteiger partial charge on any atom is -0.308 e. The van der Waals surface area contributed by atoms with Crippen molar-refractivity contribution in [1.29, 1.82) is 0 Å². The van der Waals surface area contributed by atoms with Gasteiger partial charge in [-0.2, -0.15) is 0 Å². The summed E-state index contributed by atoms with van der Waals surface area (Å²) in [6.45, 7) is 0.591. The van der Waals surface area contributed by atoms with Gasteiger partial charge in [-0.3, -0.25) is 14.5 Å². The van der Waals surface area contributed by atoms with Crippen LogP contribution in [0, 0.1) is 0 Å². The molecular formula is C24H25N3O3S. The Labute approximate surface area is 183 Å². The lowest BCUT2D eigenvalue weighted by Crippen LogP contribution is -2.35. The van der Waals surface area contributed by atoms with Gasteiger partial charge in [-0.15, -0.1) is 0 Å². The summed E-state index contributed by atoms with van der Waals surface area (Å²) in [5.74, 6) is -0.0889. The van der Waals surface area contributed by atoms with Crippen LogP contribution in [0.25, 0.3) is 0 Å². The first-order chi connectivity index (χ1) is 15.0. The monoisotopic (exact) mass is 435 g/mol. The highest BCUT2D eigenvalue weighted by Crippen LogP contribution is 2.31. The van der Waals surface area contributed by atoms with Gasteiger partial charge in [0.15, 0.2) is 0 Å². The van der Waals surface area contributed by atoms with Gasteiger partial charge in [0.1, 0.15) is 0 Å². The van der Waals surface area contributed by atoms with Gasteiger partial charge in [-0.05, 0) is 61.1 Å². The summed E-state index contributed by atoms with van der Waals surface area (Å²) in [7, 11) is -3.48. The van der Waals surface area contributed by atoms with Crippen LogP contribution in [0.3, 0.4) is 0 Å².